The standard InChI is InChI=1S/C16H15FN4O2/c1-11-6-3-4-9-15(11)23-10-12-13(17)7-5-8-14(12)21-16(22)20(2)18-19-21/h3-9H,10H2,1-2H3. The van der Waals surface area contributed by atoms with Gasteiger partial charge in [-0.1, -0.05) is 24.3 Å². The molecule has 0 spiro atoms. The maximum atomic E-state index is 14.2. The maximum Gasteiger partial charge on any atom is 0.368 e. The highest BCUT2D eigenvalue weighted by molar-refractivity contribution is 5.41. The van der Waals surface area contributed by atoms with Gasteiger partial charge in [-0.3, -0.25) is 0 Å². The van der Waals surface area contributed by atoms with Gasteiger partial charge >= 0.3 is 5.69 Å². The minimum Gasteiger partial charge on any atom is -0.488 e. The van der Waals surface area contributed by atoms with Crippen molar-refractivity contribution in [3.05, 3.63) is 69.9 Å². The zero-order valence-electron chi connectivity index (χ0n) is 12.7. The minimum atomic E-state index is -0.464. The molecule has 23 heavy (non-hydrogen) atoms. The number of benzene rings is 2. The second-order valence-corrected chi connectivity index (χ2v) is 5.09. The lowest BCUT2D eigenvalue weighted by molar-refractivity contribution is 0.297. The number of hydrogen-bond acceptors (Lipinski definition) is 4. The summed E-state index contributed by atoms with van der Waals surface area (Å²) in [5, 5.41) is 7.40. The SMILES string of the molecule is Cc1ccccc1OCc1c(F)cccc1-n1nnn(C)c1=O. The summed E-state index contributed by atoms with van der Waals surface area (Å²) in [6, 6.07) is 11.9. The van der Waals surface area contributed by atoms with Gasteiger partial charge in [-0.2, -0.15) is 9.36 Å². The summed E-state index contributed by atoms with van der Waals surface area (Å²) in [6.45, 7) is 1.89. The predicted molar refractivity (Wildman–Crippen MR) is 82.1 cm³/mol. The van der Waals surface area contributed by atoms with Crippen molar-refractivity contribution >= 4 is 0 Å². The van der Waals surface area contributed by atoms with Gasteiger partial charge < -0.3 is 4.74 Å². The molecule has 0 unspecified atom stereocenters. The van der Waals surface area contributed by atoms with Crippen molar-refractivity contribution in [2.75, 3.05) is 0 Å². The molecule has 3 rings (SSSR count). The van der Waals surface area contributed by atoms with Crippen LogP contribution in [0.2, 0.25) is 0 Å². The van der Waals surface area contributed by atoms with Crippen LogP contribution in [0.25, 0.3) is 5.69 Å². The fourth-order valence-corrected chi connectivity index (χ4v) is 2.22. The third kappa shape index (κ3) is 2.85. The fourth-order valence-electron chi connectivity index (χ4n) is 2.22. The fraction of sp³-hybridized carbons (Fsp3) is 0.188. The topological polar surface area (TPSA) is 61.9 Å². The van der Waals surface area contributed by atoms with Crippen LogP contribution in [0.3, 0.4) is 0 Å². The van der Waals surface area contributed by atoms with Crippen molar-refractivity contribution in [2.24, 2.45) is 7.05 Å². The molecule has 0 radical (unpaired) electrons. The van der Waals surface area contributed by atoms with E-state index in [0.717, 1.165) is 14.9 Å². The molecule has 1 heterocycles. The van der Waals surface area contributed by atoms with Crippen molar-refractivity contribution in [2.45, 2.75) is 13.5 Å². The maximum absolute atomic E-state index is 14.2. The third-order valence-electron chi connectivity index (χ3n) is 3.51. The van der Waals surface area contributed by atoms with Crippen molar-refractivity contribution in [3.63, 3.8) is 0 Å². The lowest BCUT2D eigenvalue weighted by atomic mass is 10.1. The Bertz CT molecular complexity index is 901. The van der Waals surface area contributed by atoms with Crippen LogP contribution < -0.4 is 10.4 Å². The first-order chi connectivity index (χ1) is 11.1. The normalized spacial score (nSPS) is 10.7. The van der Waals surface area contributed by atoms with Gasteiger partial charge in [-0.25, -0.2) is 9.18 Å². The highest BCUT2D eigenvalue weighted by Crippen LogP contribution is 2.21. The Morgan fingerprint density at radius 2 is 1.91 bits per heavy atom. The Labute approximate surface area is 131 Å². The van der Waals surface area contributed by atoms with Crippen LogP contribution in [-0.4, -0.2) is 19.8 Å². The van der Waals surface area contributed by atoms with E-state index in [0.29, 0.717) is 11.4 Å². The predicted octanol–water partition coefficient (Wildman–Crippen LogP) is 1.99. The van der Waals surface area contributed by atoms with E-state index < -0.39 is 11.5 Å². The van der Waals surface area contributed by atoms with Crippen LogP contribution in [0, 0.1) is 12.7 Å². The summed E-state index contributed by atoms with van der Waals surface area (Å²) < 4.78 is 22.1. The van der Waals surface area contributed by atoms with Crippen LogP contribution >= 0.6 is 0 Å². The van der Waals surface area contributed by atoms with Gasteiger partial charge in [0.05, 0.1) is 11.3 Å². The molecule has 0 amide bonds. The van der Waals surface area contributed by atoms with Crippen molar-refractivity contribution in [3.8, 4) is 11.4 Å². The van der Waals surface area contributed by atoms with Gasteiger partial charge in [0.1, 0.15) is 18.2 Å². The molecule has 1 aromatic heterocycles. The number of nitrogens with zero attached hydrogens (tertiary/aromatic N) is 4. The third-order valence-corrected chi connectivity index (χ3v) is 3.51. The number of halogens is 1. The molecule has 7 heteroatoms. The van der Waals surface area contributed by atoms with Gasteiger partial charge in [0.2, 0.25) is 0 Å². The molecule has 118 valence electrons. The van der Waals surface area contributed by atoms with Crippen LogP contribution in [0.1, 0.15) is 11.1 Å². The van der Waals surface area contributed by atoms with Crippen LogP contribution in [0.4, 0.5) is 4.39 Å². The molecule has 0 bridgehead atoms. The Morgan fingerprint density at radius 1 is 1.13 bits per heavy atom. The van der Waals surface area contributed by atoms with Crippen molar-refractivity contribution < 1.29 is 9.13 Å². The smallest absolute Gasteiger partial charge is 0.368 e. The monoisotopic (exact) mass is 314 g/mol. The lowest BCUT2D eigenvalue weighted by Gasteiger charge is -2.12. The summed E-state index contributed by atoms with van der Waals surface area (Å²) in [6.07, 6.45) is 0. The molecule has 0 aliphatic carbocycles. The molecule has 0 aliphatic heterocycles. The molecule has 0 saturated carbocycles. The molecule has 0 saturated heterocycles. The molecule has 0 aliphatic rings. The van der Waals surface area contributed by atoms with Crippen LogP contribution in [0.15, 0.2) is 47.3 Å². The Balaban J connectivity index is 1.98. The second-order valence-electron chi connectivity index (χ2n) is 5.09. The largest absolute Gasteiger partial charge is 0.488 e. The highest BCUT2D eigenvalue weighted by atomic mass is 19.1. The van der Waals surface area contributed by atoms with E-state index in [4.69, 9.17) is 4.74 Å². The Kier molecular flexibility index (Phi) is 3.92. The Hall–Kier alpha value is -2.96. The zero-order chi connectivity index (χ0) is 16.4. The highest BCUT2D eigenvalue weighted by Gasteiger charge is 2.15. The summed E-state index contributed by atoms with van der Waals surface area (Å²) >= 11 is 0. The first-order valence-electron chi connectivity index (χ1n) is 7.03. The number of hydrogen-bond donors (Lipinski definition) is 0. The molecular formula is C16H15FN4O2. The van der Waals surface area contributed by atoms with Crippen molar-refractivity contribution in [1.29, 1.82) is 0 Å². The zero-order valence-corrected chi connectivity index (χ0v) is 12.7. The average Bonchev–Trinajstić information content (AvgIpc) is 2.87. The van der Waals surface area contributed by atoms with Gasteiger partial charge in [0, 0.05) is 7.05 Å². The van der Waals surface area contributed by atoms with E-state index in [-0.39, 0.29) is 12.2 Å². The lowest BCUT2D eigenvalue weighted by Crippen LogP contribution is -2.23. The number of para-hydroxylation sites is 1. The average molecular weight is 314 g/mol. The summed E-state index contributed by atoms with van der Waals surface area (Å²) in [7, 11) is 1.48. The van der Waals surface area contributed by atoms with Crippen molar-refractivity contribution in [1.82, 2.24) is 19.8 Å². The number of tetrazole rings is 1. The first-order valence-corrected chi connectivity index (χ1v) is 7.03. The van der Waals surface area contributed by atoms with Crippen LogP contribution in [-0.2, 0) is 13.7 Å². The Morgan fingerprint density at radius 3 is 2.61 bits per heavy atom. The summed E-state index contributed by atoms with van der Waals surface area (Å²) in [5.74, 6) is 0.196. The second kappa shape index (κ2) is 6.04. The van der Waals surface area contributed by atoms with E-state index in [1.54, 1.807) is 6.07 Å². The van der Waals surface area contributed by atoms with E-state index >= 15 is 0 Å². The molecule has 2 aromatic carbocycles. The molecule has 0 N–H and O–H groups in total. The number of aromatic nitrogens is 4. The van der Waals surface area contributed by atoms with E-state index in [9.17, 15) is 9.18 Å². The molecular weight excluding hydrogens is 299 g/mol. The van der Waals surface area contributed by atoms with Gasteiger partial charge in [0.25, 0.3) is 0 Å². The minimum absolute atomic E-state index is 0.0180. The van der Waals surface area contributed by atoms with E-state index in [1.807, 2.05) is 31.2 Å². The molecule has 0 fully saturated rings. The first kappa shape index (κ1) is 15.0. The molecule has 6 nitrogen and oxygen atoms in total. The van der Waals surface area contributed by atoms with Crippen LogP contribution in [0.5, 0.6) is 5.75 Å². The van der Waals surface area contributed by atoms with E-state index in [2.05, 4.69) is 10.4 Å². The number of ether oxygens (including phenoxy) is 1. The quantitative estimate of drug-likeness (QED) is 0.739. The van der Waals surface area contributed by atoms with Gasteiger partial charge in [0.15, 0.2) is 0 Å². The summed E-state index contributed by atoms with van der Waals surface area (Å²) in [4.78, 5) is 12.0. The number of rotatable bonds is 4. The summed E-state index contributed by atoms with van der Waals surface area (Å²) in [5.41, 5.74) is 1.06. The van der Waals surface area contributed by atoms with Gasteiger partial charge in [-0.15, -0.1) is 0 Å². The molecule has 3 aromatic rings. The number of aryl methyl sites for hydroxylation is 2. The molecule has 0 atom stereocenters. The van der Waals surface area contributed by atoms with E-state index in [1.165, 1.54) is 19.2 Å². The van der Waals surface area contributed by atoms with Gasteiger partial charge in [-0.05, 0) is 41.1 Å².